The number of hydrogen-bond acceptors (Lipinski definition) is 17. The minimum atomic E-state index is -5.06. The summed E-state index contributed by atoms with van der Waals surface area (Å²) in [6.07, 6.45) is -2.70. The molecule has 0 amide bonds. The zero-order valence-corrected chi connectivity index (χ0v) is 45.6. The number of azo groups is 2. The van der Waals surface area contributed by atoms with E-state index in [1.807, 2.05) is 0 Å². The van der Waals surface area contributed by atoms with Crippen molar-refractivity contribution in [1.82, 2.24) is 24.9 Å². The Hall–Kier alpha value is -10.8. The maximum Gasteiger partial charge on any atom is 3.00 e. The van der Waals surface area contributed by atoms with Crippen LogP contribution in [0, 0.1) is 34.9 Å². The summed E-state index contributed by atoms with van der Waals surface area (Å²) in [7, 11) is 0. The van der Waals surface area contributed by atoms with Gasteiger partial charge in [0.15, 0.2) is 0 Å². The van der Waals surface area contributed by atoms with Crippen molar-refractivity contribution >= 4 is 41.2 Å². The molecule has 2 atom stereocenters. The van der Waals surface area contributed by atoms with E-state index >= 15 is 0 Å². The monoisotopic (exact) mass is 1410 g/mol. The van der Waals surface area contributed by atoms with Gasteiger partial charge in [-0.15, -0.1) is 0 Å². The first-order valence-corrected chi connectivity index (χ1v) is 23.6. The Morgan fingerprint density at radius 1 is 0.386 bits per heavy atom. The number of aliphatic carboxylic acids is 2. The van der Waals surface area contributed by atoms with E-state index in [1.165, 1.54) is 79.5 Å². The molecule has 3 aromatic carbocycles. The van der Waals surface area contributed by atoms with Gasteiger partial charge in [-0.3, -0.25) is 24.9 Å². The molecule has 19 nitrogen and oxygen atoms in total. The Morgan fingerprint density at radius 3 is 0.886 bits per heavy atom. The third-order valence-electron chi connectivity index (χ3n) is 11.4. The van der Waals surface area contributed by atoms with Gasteiger partial charge in [-0.1, -0.05) is 30.3 Å². The van der Waals surface area contributed by atoms with Crippen molar-refractivity contribution < 1.29 is 122 Å². The fraction of sp³-hybridized carbons (Fsp3) is 0.0714. The second kappa shape index (κ2) is 28.9. The summed E-state index contributed by atoms with van der Waals surface area (Å²) in [6, 6.07) is 26.3. The zero-order valence-electron chi connectivity index (χ0n) is 43.2. The van der Waals surface area contributed by atoms with Gasteiger partial charge in [-0.05, 0) is 91.0 Å². The molecule has 0 spiro atoms. The quantitative estimate of drug-likeness (QED) is 0.121. The number of alkyl halides is 6. The third kappa shape index (κ3) is 16.0. The largest absolute Gasteiger partial charge is 3.00 e. The molecule has 2 aliphatic rings. The van der Waals surface area contributed by atoms with Crippen LogP contribution in [0.15, 0.2) is 191 Å². The van der Waals surface area contributed by atoms with E-state index in [1.54, 1.807) is 24.3 Å². The number of carboxylic acids is 5. The minimum Gasteiger partial charge on any atom is -0.543 e. The molecule has 0 bridgehead atoms. The molecule has 88 heavy (non-hydrogen) atoms. The van der Waals surface area contributed by atoms with Gasteiger partial charge in [0.25, 0.3) is 11.1 Å². The fourth-order valence-corrected chi connectivity index (χ4v) is 7.26. The summed E-state index contributed by atoms with van der Waals surface area (Å²) in [4.78, 5) is 72.4. The number of carbonyl (C=O) groups is 5. The number of carbonyl (C=O) groups excluding carboxylic acids is 3. The van der Waals surface area contributed by atoms with Crippen molar-refractivity contribution in [3.63, 3.8) is 0 Å². The summed E-state index contributed by atoms with van der Waals surface area (Å²) < 4.78 is 155. The molecule has 0 radical (unpaired) electrons. The molecule has 0 aliphatic carbocycles. The zero-order chi connectivity index (χ0) is 64.0. The maximum absolute atomic E-state index is 13.5. The van der Waals surface area contributed by atoms with Gasteiger partial charge in [0.05, 0.1) is 46.4 Å². The number of rotatable bonds is 10. The molecule has 2 unspecified atom stereocenters. The number of aromatic nitrogens is 5. The average molecular weight is 1410 g/mol. The fourth-order valence-electron chi connectivity index (χ4n) is 7.26. The van der Waals surface area contributed by atoms with Crippen molar-refractivity contribution in [1.29, 1.82) is 0 Å². The van der Waals surface area contributed by atoms with E-state index in [0.29, 0.717) is 30.4 Å². The first-order chi connectivity index (χ1) is 41.0. The Balaban J connectivity index is 0.000000200. The number of aromatic carboxylic acids is 3. The van der Waals surface area contributed by atoms with Gasteiger partial charge in [0, 0.05) is 82.6 Å². The van der Waals surface area contributed by atoms with Gasteiger partial charge >= 0.3 is 44.4 Å². The normalized spacial score (nSPS) is 15.3. The van der Waals surface area contributed by atoms with Crippen LogP contribution in [-0.2, 0) is 29.7 Å². The van der Waals surface area contributed by atoms with E-state index < -0.39 is 88.2 Å². The Kier molecular flexibility index (Phi) is 22.3. The van der Waals surface area contributed by atoms with Crippen LogP contribution in [0.5, 0.6) is 0 Å². The summed E-state index contributed by atoms with van der Waals surface area (Å²) >= 11 is 0. The van der Waals surface area contributed by atoms with Gasteiger partial charge in [0.1, 0.15) is 46.3 Å². The second-order valence-corrected chi connectivity index (χ2v) is 17.0. The SMILES string of the molecule is O=C(O)C1(C(F)(F)F)C=C(c2ccccn2)N=N1.O=C(O)C1(C(F)(F)F)C=C(c2ccccn2)N=N1.O=C([O-])c1ncccc1-c1ccc(F)cc1F.O=C([O-])c1ncccc1-c1ccc(F)cc1F.O=C([O-])c1ncccc1-c1ccc(F)cc1F.[Ir+3]. The van der Waals surface area contributed by atoms with Crippen LogP contribution < -0.4 is 15.3 Å². The molecule has 452 valence electrons. The number of carboxylic acid groups (broad SMARTS) is 5. The molecule has 5 aromatic heterocycles. The van der Waals surface area contributed by atoms with Gasteiger partial charge in [0.2, 0.25) is 0 Å². The molecule has 2 aliphatic heterocycles. The van der Waals surface area contributed by atoms with Crippen LogP contribution in [-0.4, -0.2) is 88.4 Å². The molecule has 2 N–H and O–H groups in total. The molecule has 10 rings (SSSR count). The molecule has 0 saturated heterocycles. The smallest absolute Gasteiger partial charge is 0.543 e. The first-order valence-electron chi connectivity index (χ1n) is 23.6. The van der Waals surface area contributed by atoms with Crippen LogP contribution in [0.25, 0.3) is 44.8 Å². The van der Waals surface area contributed by atoms with Crippen molar-refractivity contribution in [3.05, 3.63) is 234 Å². The van der Waals surface area contributed by atoms with Gasteiger partial charge in [-0.25, -0.2) is 35.9 Å². The molecular weight excluding hydrogens is 1380 g/mol. The van der Waals surface area contributed by atoms with Crippen molar-refractivity contribution in [2.24, 2.45) is 20.5 Å². The summed E-state index contributed by atoms with van der Waals surface area (Å²) in [5, 5.41) is 62.1. The Bertz CT molecular complexity index is 3690. The Morgan fingerprint density at radius 2 is 0.670 bits per heavy atom. The van der Waals surface area contributed by atoms with Crippen LogP contribution in [0.1, 0.15) is 42.9 Å². The predicted molar refractivity (Wildman–Crippen MR) is 269 cm³/mol. The summed E-state index contributed by atoms with van der Waals surface area (Å²) in [5.41, 5.74) is -7.84. The van der Waals surface area contributed by atoms with E-state index in [2.05, 4.69) is 45.4 Å². The number of nitrogens with zero attached hydrogens (tertiary/aromatic N) is 9. The number of halogens is 12. The second-order valence-electron chi connectivity index (χ2n) is 17.0. The topological polar surface area (TPSA) is 309 Å². The van der Waals surface area contributed by atoms with Crippen LogP contribution in [0.3, 0.4) is 0 Å². The van der Waals surface area contributed by atoms with Crippen LogP contribution >= 0.6 is 0 Å². The van der Waals surface area contributed by atoms with Crippen LogP contribution in [0.4, 0.5) is 52.7 Å². The summed E-state index contributed by atoms with van der Waals surface area (Å²) in [5.74, 6) is -13.5. The molecule has 7 heterocycles. The standard InChI is InChI=1S/3C12H7F2NO2.2C10H6F3N3O2.Ir/c3*13-7-3-4-8(10(14)6-7)9-2-1-5-15-11(9)12(16)17;2*11-10(12,13)9(8(17)18)5-7(15-16-9)6-3-1-2-4-14-6;/h3*1-6H,(H,16,17);2*1-5H,(H,17,18);/q;;;;;+3/p-3. The number of pyridine rings is 5. The average Bonchev–Trinajstić information content (AvgIpc) is 4.05. The molecule has 0 saturated carbocycles. The Labute approximate surface area is 497 Å². The molecule has 8 aromatic rings. The third-order valence-corrected chi connectivity index (χ3v) is 11.4. The molecule has 0 fully saturated rings. The van der Waals surface area contributed by atoms with E-state index in [0.717, 1.165) is 36.4 Å². The predicted octanol–water partition coefficient (Wildman–Crippen LogP) is 8.72. The minimum absolute atomic E-state index is 0. The molecule has 32 heteroatoms. The number of benzene rings is 3. The van der Waals surface area contributed by atoms with Gasteiger partial charge in [-0.2, -0.15) is 46.8 Å². The summed E-state index contributed by atoms with van der Waals surface area (Å²) in [6.45, 7) is 0. The first kappa shape index (κ1) is 68.0. The number of hydrogen-bond donors (Lipinski definition) is 2. The van der Waals surface area contributed by atoms with E-state index in [9.17, 15) is 92.0 Å². The van der Waals surface area contributed by atoms with E-state index in [-0.39, 0.29) is 93.3 Å². The van der Waals surface area contributed by atoms with Crippen molar-refractivity contribution in [2.75, 3.05) is 0 Å². The molecular formula is C56H30F12IrN9O10. The van der Waals surface area contributed by atoms with Crippen molar-refractivity contribution in [3.8, 4) is 33.4 Å². The van der Waals surface area contributed by atoms with Gasteiger partial charge < -0.3 is 39.9 Å². The van der Waals surface area contributed by atoms with Crippen LogP contribution in [0.2, 0.25) is 0 Å². The maximum atomic E-state index is 13.5. The van der Waals surface area contributed by atoms with E-state index in [4.69, 9.17) is 10.2 Å². The van der Waals surface area contributed by atoms with Crippen molar-refractivity contribution in [2.45, 2.75) is 23.4 Å².